The van der Waals surface area contributed by atoms with Gasteiger partial charge in [-0.2, -0.15) is 0 Å². The summed E-state index contributed by atoms with van der Waals surface area (Å²) in [6.07, 6.45) is -0.268. The van der Waals surface area contributed by atoms with E-state index < -0.39 is 0 Å². The van der Waals surface area contributed by atoms with E-state index in [9.17, 15) is 5.11 Å². The second kappa shape index (κ2) is 8.87. The second-order valence-electron chi connectivity index (χ2n) is 10.3. The van der Waals surface area contributed by atoms with Crippen LogP contribution in [0.2, 0.25) is 0 Å². The topological polar surface area (TPSA) is 41.9 Å². The van der Waals surface area contributed by atoms with E-state index in [2.05, 4.69) is 74.4 Å². The fraction of sp³-hybridized carbons (Fsp3) is 1.00. The molecule has 1 fully saturated rings. The van der Waals surface area contributed by atoms with Crippen LogP contribution < -0.4 is 0 Å². The predicted molar refractivity (Wildman–Crippen MR) is 108 cm³/mol. The molecule has 1 rings (SSSR count). The highest BCUT2D eigenvalue weighted by Gasteiger charge is 2.42. The fourth-order valence-electron chi connectivity index (χ4n) is 3.20. The third-order valence-corrected chi connectivity index (χ3v) is 6.26. The molecule has 0 spiro atoms. The predicted octanol–water partition coefficient (Wildman–Crippen LogP) is 2.76. The van der Waals surface area contributed by atoms with Crippen molar-refractivity contribution in [1.29, 1.82) is 0 Å². The molecule has 1 N–H and O–H groups in total. The van der Waals surface area contributed by atoms with Crippen LogP contribution in [0.15, 0.2) is 0 Å². The molecule has 0 aromatic carbocycles. The standard InChI is InChI=1S/C21H45N2O3/c1-16(2)21(7,8)26-15-20(5,6)25-12-11-23(9,10)18-13-22(17(3)4)14-19(18)24/h16-19,24H,11-15H2,1-10H3/q+1. The van der Waals surface area contributed by atoms with Gasteiger partial charge < -0.3 is 19.1 Å². The first-order chi connectivity index (χ1) is 11.7. The molecule has 0 saturated carbocycles. The number of quaternary nitrogens is 1. The Morgan fingerprint density at radius 2 is 1.62 bits per heavy atom. The Bertz CT molecular complexity index is 433. The van der Waals surface area contributed by atoms with Crippen LogP contribution in [0.4, 0.5) is 0 Å². The minimum Gasteiger partial charge on any atom is -0.386 e. The van der Waals surface area contributed by atoms with Gasteiger partial charge in [-0.1, -0.05) is 13.8 Å². The van der Waals surface area contributed by atoms with E-state index in [4.69, 9.17) is 9.47 Å². The lowest BCUT2D eigenvalue weighted by Gasteiger charge is -2.39. The molecule has 0 aromatic rings. The van der Waals surface area contributed by atoms with Crippen LogP contribution >= 0.6 is 0 Å². The van der Waals surface area contributed by atoms with E-state index in [0.29, 0.717) is 25.2 Å². The highest BCUT2D eigenvalue weighted by Crippen LogP contribution is 2.24. The number of likely N-dealkylation sites (N-methyl/N-ethyl adjacent to an activating group) is 1. The number of ether oxygens (including phenoxy) is 2. The van der Waals surface area contributed by atoms with E-state index >= 15 is 0 Å². The third kappa shape index (κ3) is 6.75. The van der Waals surface area contributed by atoms with Crippen LogP contribution in [-0.2, 0) is 9.47 Å². The van der Waals surface area contributed by atoms with Gasteiger partial charge in [-0.3, -0.25) is 4.90 Å². The molecule has 0 aromatic heterocycles. The Hall–Kier alpha value is -0.200. The molecule has 2 atom stereocenters. The molecule has 1 aliphatic heterocycles. The zero-order valence-electron chi connectivity index (χ0n) is 19.0. The maximum Gasteiger partial charge on any atom is 0.129 e. The van der Waals surface area contributed by atoms with Crippen molar-refractivity contribution >= 4 is 0 Å². The molecule has 0 bridgehead atoms. The lowest BCUT2D eigenvalue weighted by Crippen LogP contribution is -2.56. The first-order valence-electron chi connectivity index (χ1n) is 10.2. The van der Waals surface area contributed by atoms with Crippen LogP contribution in [0, 0.1) is 5.92 Å². The molecule has 0 amide bonds. The Morgan fingerprint density at radius 3 is 2.08 bits per heavy atom. The van der Waals surface area contributed by atoms with Crippen molar-refractivity contribution in [2.24, 2.45) is 5.92 Å². The number of nitrogens with zero attached hydrogens (tertiary/aromatic N) is 2. The van der Waals surface area contributed by atoms with Gasteiger partial charge in [0.2, 0.25) is 0 Å². The summed E-state index contributed by atoms with van der Waals surface area (Å²) in [6, 6.07) is 0.714. The first-order valence-corrected chi connectivity index (χ1v) is 10.2. The molecule has 5 nitrogen and oxygen atoms in total. The average Bonchev–Trinajstić information content (AvgIpc) is 2.88. The minimum atomic E-state index is -0.315. The molecule has 0 aliphatic carbocycles. The Morgan fingerprint density at radius 1 is 1.04 bits per heavy atom. The summed E-state index contributed by atoms with van der Waals surface area (Å²) in [5.74, 6) is 0.460. The summed E-state index contributed by atoms with van der Waals surface area (Å²) >= 11 is 0. The molecule has 0 radical (unpaired) electrons. The fourth-order valence-corrected chi connectivity index (χ4v) is 3.20. The summed E-state index contributed by atoms with van der Waals surface area (Å²) in [5, 5.41) is 10.5. The second-order valence-corrected chi connectivity index (χ2v) is 10.3. The van der Waals surface area contributed by atoms with Crippen molar-refractivity contribution in [3.63, 3.8) is 0 Å². The van der Waals surface area contributed by atoms with E-state index in [-0.39, 0.29) is 23.3 Å². The number of aliphatic hydroxyl groups excluding tert-OH is 1. The van der Waals surface area contributed by atoms with Crippen molar-refractivity contribution in [3.8, 4) is 0 Å². The van der Waals surface area contributed by atoms with Crippen LogP contribution in [0.25, 0.3) is 0 Å². The van der Waals surface area contributed by atoms with Crippen LogP contribution in [0.5, 0.6) is 0 Å². The van der Waals surface area contributed by atoms with Crippen molar-refractivity contribution < 1.29 is 19.1 Å². The molecule has 5 heteroatoms. The normalized spacial score (nSPS) is 23.4. The van der Waals surface area contributed by atoms with E-state index in [1.165, 1.54) is 0 Å². The molecular weight excluding hydrogens is 328 g/mol. The van der Waals surface area contributed by atoms with E-state index in [1.54, 1.807) is 0 Å². The number of aliphatic hydroxyl groups is 1. The highest BCUT2D eigenvalue weighted by molar-refractivity contribution is 4.86. The maximum atomic E-state index is 10.5. The molecule has 26 heavy (non-hydrogen) atoms. The maximum absolute atomic E-state index is 10.5. The van der Waals surface area contributed by atoms with Gasteiger partial charge in [-0.25, -0.2) is 0 Å². The number of hydrogen-bond acceptors (Lipinski definition) is 4. The summed E-state index contributed by atoms with van der Waals surface area (Å²) < 4.78 is 13.1. The summed E-state index contributed by atoms with van der Waals surface area (Å²) in [5.41, 5.74) is -0.464. The number of β-amino-alcohol motifs (C(OH)–C–C–N with tert-alkyl or cyclic N) is 1. The number of rotatable bonds is 10. The zero-order chi connectivity index (χ0) is 20.3. The Balaban J connectivity index is 2.49. The molecule has 1 heterocycles. The first kappa shape index (κ1) is 23.8. The summed E-state index contributed by atoms with van der Waals surface area (Å²) in [4.78, 5) is 2.36. The number of hydrogen-bond donors (Lipinski definition) is 1. The van der Waals surface area contributed by atoms with Crippen molar-refractivity contribution in [2.75, 3.05) is 46.9 Å². The van der Waals surface area contributed by atoms with Gasteiger partial charge in [0.1, 0.15) is 18.7 Å². The van der Waals surface area contributed by atoms with E-state index in [0.717, 1.165) is 24.1 Å². The molecule has 156 valence electrons. The summed E-state index contributed by atoms with van der Waals surface area (Å²) in [6.45, 7) is 21.0. The Labute approximate surface area is 162 Å². The van der Waals surface area contributed by atoms with Gasteiger partial charge in [0.15, 0.2) is 0 Å². The van der Waals surface area contributed by atoms with Gasteiger partial charge in [-0.15, -0.1) is 0 Å². The van der Waals surface area contributed by atoms with Gasteiger partial charge in [0.05, 0.1) is 45.1 Å². The molecule has 2 unspecified atom stereocenters. The van der Waals surface area contributed by atoms with Gasteiger partial charge >= 0.3 is 0 Å². The zero-order valence-corrected chi connectivity index (χ0v) is 19.0. The van der Waals surface area contributed by atoms with E-state index in [1.807, 2.05) is 0 Å². The smallest absolute Gasteiger partial charge is 0.129 e. The summed E-state index contributed by atoms with van der Waals surface area (Å²) in [7, 11) is 4.40. The van der Waals surface area contributed by atoms with Crippen LogP contribution in [0.1, 0.15) is 55.4 Å². The van der Waals surface area contributed by atoms with Crippen LogP contribution in [0.3, 0.4) is 0 Å². The van der Waals surface area contributed by atoms with Crippen molar-refractivity contribution in [1.82, 2.24) is 4.90 Å². The average molecular weight is 374 g/mol. The van der Waals surface area contributed by atoms with Gasteiger partial charge in [-0.05, 0) is 47.5 Å². The molecular formula is C21H45N2O3+. The monoisotopic (exact) mass is 373 g/mol. The minimum absolute atomic E-state index is 0.149. The Kier molecular flexibility index (Phi) is 8.13. The SMILES string of the molecule is CC(C)N1CC(O)C([N+](C)(C)CCOC(C)(C)COC(C)(C)C(C)C)C1. The lowest BCUT2D eigenvalue weighted by atomic mass is 9.94. The highest BCUT2D eigenvalue weighted by atomic mass is 16.6. The molecule has 1 saturated heterocycles. The van der Waals surface area contributed by atoms with Gasteiger partial charge in [0, 0.05) is 12.6 Å². The number of likely N-dealkylation sites (tertiary alicyclic amines) is 1. The van der Waals surface area contributed by atoms with Crippen LogP contribution in [-0.4, -0.2) is 90.8 Å². The molecule has 1 aliphatic rings. The van der Waals surface area contributed by atoms with Crippen molar-refractivity contribution in [2.45, 2.75) is 84.8 Å². The third-order valence-electron chi connectivity index (χ3n) is 6.26. The van der Waals surface area contributed by atoms with Crippen molar-refractivity contribution in [3.05, 3.63) is 0 Å². The quantitative estimate of drug-likeness (QED) is 0.598. The largest absolute Gasteiger partial charge is 0.386 e. The lowest BCUT2D eigenvalue weighted by molar-refractivity contribution is -0.916. The van der Waals surface area contributed by atoms with Gasteiger partial charge in [0.25, 0.3) is 0 Å².